The van der Waals surface area contributed by atoms with Crippen LogP contribution < -0.4 is 0 Å². The number of nitrogens with zero attached hydrogens (tertiary/aromatic N) is 1. The lowest BCUT2D eigenvalue weighted by Crippen LogP contribution is -2.00. The maximum atomic E-state index is 4.78. The molecule has 0 fully saturated rings. The quantitative estimate of drug-likeness (QED) is 0.689. The molecule has 0 radical (unpaired) electrons. The number of hydrogen-bond donors (Lipinski definition) is 0. The van der Waals surface area contributed by atoms with Gasteiger partial charge >= 0.3 is 0 Å². The van der Waals surface area contributed by atoms with Crippen molar-refractivity contribution in [2.24, 2.45) is 0 Å². The molecule has 0 bridgehead atoms. The van der Waals surface area contributed by atoms with Crippen LogP contribution in [0.25, 0.3) is 0 Å². The summed E-state index contributed by atoms with van der Waals surface area (Å²) in [5, 5.41) is 0. The van der Waals surface area contributed by atoms with Crippen LogP contribution in [0.1, 0.15) is 54.8 Å². The van der Waals surface area contributed by atoms with Crippen molar-refractivity contribution in [3.8, 4) is 0 Å². The Hall–Kier alpha value is -1.63. The highest BCUT2D eigenvalue weighted by Gasteiger charge is 2.03. The van der Waals surface area contributed by atoms with Crippen LogP contribution in [0, 0.1) is 6.92 Å². The molecule has 1 heterocycles. The summed E-state index contributed by atoms with van der Waals surface area (Å²) in [5.41, 5.74) is 6.75. The van der Waals surface area contributed by atoms with Gasteiger partial charge in [0.25, 0.3) is 0 Å². The topological polar surface area (TPSA) is 12.9 Å². The zero-order valence-electron chi connectivity index (χ0n) is 13.7. The molecular formula is C20H27N. The number of rotatable bonds is 7. The molecule has 2 aromatic rings. The lowest BCUT2D eigenvalue weighted by molar-refractivity contribution is 0.818. The standard InChI is InChI=1S/C20H27N/c1-4-7-19-14-18(15-20(21-19)8-5-2)12-11-17-10-6-9-16(3)13-17/h6,9-10,13-15H,4-5,7-8,11-12H2,1-3H3. The summed E-state index contributed by atoms with van der Waals surface area (Å²) < 4.78 is 0. The second kappa shape index (κ2) is 7.97. The lowest BCUT2D eigenvalue weighted by atomic mass is 10.0. The summed E-state index contributed by atoms with van der Waals surface area (Å²) in [7, 11) is 0. The maximum absolute atomic E-state index is 4.78. The molecule has 0 amide bonds. The highest BCUT2D eigenvalue weighted by molar-refractivity contribution is 5.26. The first-order chi connectivity index (χ1) is 10.2. The molecule has 112 valence electrons. The zero-order valence-corrected chi connectivity index (χ0v) is 13.7. The Morgan fingerprint density at radius 3 is 1.95 bits per heavy atom. The van der Waals surface area contributed by atoms with E-state index in [2.05, 4.69) is 57.2 Å². The van der Waals surface area contributed by atoms with E-state index in [1.807, 2.05) is 0 Å². The molecule has 0 spiro atoms. The third-order valence-corrected chi connectivity index (χ3v) is 3.79. The molecule has 1 heteroatoms. The van der Waals surface area contributed by atoms with Gasteiger partial charge in [0.15, 0.2) is 0 Å². The minimum absolute atomic E-state index is 1.09. The van der Waals surface area contributed by atoms with E-state index in [9.17, 15) is 0 Å². The number of aryl methyl sites for hydroxylation is 5. The van der Waals surface area contributed by atoms with E-state index in [0.29, 0.717) is 0 Å². The lowest BCUT2D eigenvalue weighted by Gasteiger charge is -2.09. The van der Waals surface area contributed by atoms with Gasteiger partial charge < -0.3 is 0 Å². The maximum Gasteiger partial charge on any atom is 0.0409 e. The van der Waals surface area contributed by atoms with Gasteiger partial charge in [0.05, 0.1) is 0 Å². The molecule has 0 aliphatic heterocycles. The predicted octanol–water partition coefficient (Wildman–Crippen LogP) is 5.08. The fraction of sp³-hybridized carbons (Fsp3) is 0.450. The van der Waals surface area contributed by atoms with Crippen molar-refractivity contribution in [2.45, 2.75) is 59.3 Å². The largest absolute Gasteiger partial charge is 0.258 e. The smallest absolute Gasteiger partial charge is 0.0409 e. The first kappa shape index (κ1) is 15.8. The molecule has 1 aromatic heterocycles. The van der Waals surface area contributed by atoms with Gasteiger partial charge in [-0.1, -0.05) is 56.5 Å². The summed E-state index contributed by atoms with van der Waals surface area (Å²) in [6.07, 6.45) is 6.74. The summed E-state index contributed by atoms with van der Waals surface area (Å²) in [5.74, 6) is 0. The van der Waals surface area contributed by atoms with Crippen LogP contribution in [0.3, 0.4) is 0 Å². The van der Waals surface area contributed by atoms with Crippen molar-refractivity contribution >= 4 is 0 Å². The van der Waals surface area contributed by atoms with E-state index in [4.69, 9.17) is 4.98 Å². The van der Waals surface area contributed by atoms with Crippen LogP contribution in [-0.4, -0.2) is 4.98 Å². The molecule has 0 N–H and O–H groups in total. The molecule has 0 atom stereocenters. The predicted molar refractivity (Wildman–Crippen MR) is 90.8 cm³/mol. The first-order valence-corrected chi connectivity index (χ1v) is 8.25. The molecule has 21 heavy (non-hydrogen) atoms. The minimum Gasteiger partial charge on any atom is -0.258 e. The van der Waals surface area contributed by atoms with Crippen LogP contribution >= 0.6 is 0 Å². The molecule has 0 saturated heterocycles. The molecule has 1 aromatic carbocycles. The van der Waals surface area contributed by atoms with Crippen molar-refractivity contribution in [1.82, 2.24) is 4.98 Å². The number of benzene rings is 1. The molecule has 1 nitrogen and oxygen atoms in total. The van der Waals surface area contributed by atoms with Crippen molar-refractivity contribution in [3.05, 3.63) is 64.5 Å². The minimum atomic E-state index is 1.09. The highest BCUT2D eigenvalue weighted by Crippen LogP contribution is 2.14. The van der Waals surface area contributed by atoms with Gasteiger partial charge in [-0.2, -0.15) is 0 Å². The fourth-order valence-corrected chi connectivity index (χ4v) is 2.79. The van der Waals surface area contributed by atoms with Gasteiger partial charge in [0.1, 0.15) is 0 Å². The van der Waals surface area contributed by atoms with E-state index in [1.54, 1.807) is 0 Å². The number of pyridine rings is 1. The second-order valence-electron chi connectivity index (χ2n) is 5.95. The van der Waals surface area contributed by atoms with Crippen molar-refractivity contribution < 1.29 is 0 Å². The summed E-state index contributed by atoms with van der Waals surface area (Å²) in [6.45, 7) is 6.61. The zero-order chi connectivity index (χ0) is 15.1. The Morgan fingerprint density at radius 1 is 0.762 bits per heavy atom. The van der Waals surface area contributed by atoms with Crippen LogP contribution in [-0.2, 0) is 25.7 Å². The first-order valence-electron chi connectivity index (χ1n) is 8.25. The van der Waals surface area contributed by atoms with Crippen LogP contribution in [0.15, 0.2) is 36.4 Å². The highest BCUT2D eigenvalue weighted by atomic mass is 14.7. The average molecular weight is 281 g/mol. The third kappa shape index (κ3) is 5.00. The Bertz CT molecular complexity index is 548. The van der Waals surface area contributed by atoms with Gasteiger partial charge in [-0.15, -0.1) is 0 Å². The van der Waals surface area contributed by atoms with Crippen molar-refractivity contribution in [1.29, 1.82) is 0 Å². The molecular weight excluding hydrogens is 254 g/mol. The molecule has 0 aliphatic rings. The summed E-state index contributed by atoms with van der Waals surface area (Å²) in [4.78, 5) is 4.78. The molecule has 0 unspecified atom stereocenters. The van der Waals surface area contributed by atoms with Gasteiger partial charge in [0.2, 0.25) is 0 Å². The van der Waals surface area contributed by atoms with Crippen molar-refractivity contribution in [3.63, 3.8) is 0 Å². The van der Waals surface area contributed by atoms with E-state index >= 15 is 0 Å². The Labute approximate surface area is 129 Å². The Balaban J connectivity index is 2.10. The summed E-state index contributed by atoms with van der Waals surface area (Å²) >= 11 is 0. The van der Waals surface area contributed by atoms with Gasteiger partial charge in [0, 0.05) is 11.4 Å². The van der Waals surface area contributed by atoms with E-state index in [1.165, 1.54) is 40.9 Å². The van der Waals surface area contributed by atoms with Crippen LogP contribution in [0.2, 0.25) is 0 Å². The van der Waals surface area contributed by atoms with Crippen LogP contribution in [0.4, 0.5) is 0 Å². The normalized spacial score (nSPS) is 10.8. The monoisotopic (exact) mass is 281 g/mol. The van der Waals surface area contributed by atoms with Gasteiger partial charge in [-0.05, 0) is 55.9 Å². The average Bonchev–Trinajstić information content (AvgIpc) is 2.46. The van der Waals surface area contributed by atoms with Gasteiger partial charge in [-0.25, -0.2) is 0 Å². The number of hydrogen-bond acceptors (Lipinski definition) is 1. The Morgan fingerprint density at radius 2 is 1.38 bits per heavy atom. The van der Waals surface area contributed by atoms with E-state index < -0.39 is 0 Å². The van der Waals surface area contributed by atoms with Crippen LogP contribution in [0.5, 0.6) is 0 Å². The summed E-state index contributed by atoms with van der Waals surface area (Å²) in [6, 6.07) is 13.4. The van der Waals surface area contributed by atoms with E-state index in [0.717, 1.165) is 25.7 Å². The SMILES string of the molecule is CCCc1cc(CCc2cccc(C)c2)cc(CCC)n1. The van der Waals surface area contributed by atoms with E-state index in [-0.39, 0.29) is 0 Å². The Kier molecular flexibility index (Phi) is 5.98. The fourth-order valence-electron chi connectivity index (χ4n) is 2.79. The van der Waals surface area contributed by atoms with Crippen molar-refractivity contribution in [2.75, 3.05) is 0 Å². The molecule has 0 saturated carbocycles. The second-order valence-corrected chi connectivity index (χ2v) is 5.95. The van der Waals surface area contributed by atoms with Gasteiger partial charge in [-0.3, -0.25) is 4.98 Å². The molecule has 0 aliphatic carbocycles. The third-order valence-electron chi connectivity index (χ3n) is 3.79. The number of aromatic nitrogens is 1. The molecule has 2 rings (SSSR count).